The van der Waals surface area contributed by atoms with Crippen molar-refractivity contribution in [3.8, 4) is 17.6 Å². The lowest BCUT2D eigenvalue weighted by atomic mass is 9.93. The van der Waals surface area contributed by atoms with E-state index >= 15 is 0 Å². The lowest BCUT2D eigenvalue weighted by Gasteiger charge is -2.14. The number of hydrogen-bond donors (Lipinski definition) is 0. The monoisotopic (exact) mass is 320 g/mol. The van der Waals surface area contributed by atoms with Gasteiger partial charge in [-0.3, -0.25) is 9.59 Å². The zero-order valence-electron chi connectivity index (χ0n) is 14.1. The van der Waals surface area contributed by atoms with Gasteiger partial charge in [-0.05, 0) is 32.0 Å². The Labute approximate surface area is 142 Å². The van der Waals surface area contributed by atoms with Crippen LogP contribution < -0.4 is 4.74 Å². The van der Waals surface area contributed by atoms with E-state index in [0.717, 1.165) is 11.1 Å². The normalized spacial score (nSPS) is 11.1. The summed E-state index contributed by atoms with van der Waals surface area (Å²) in [6.07, 6.45) is 0.275. The van der Waals surface area contributed by atoms with E-state index in [1.54, 1.807) is 12.1 Å². The summed E-state index contributed by atoms with van der Waals surface area (Å²) in [5.74, 6) is 6.05. The summed E-state index contributed by atoms with van der Waals surface area (Å²) in [4.78, 5) is 22.9. The third kappa shape index (κ3) is 5.10. The van der Waals surface area contributed by atoms with E-state index in [1.165, 1.54) is 19.4 Å². The van der Waals surface area contributed by atoms with Crippen LogP contribution in [0.1, 0.15) is 42.9 Å². The molecule has 0 fully saturated rings. The molecule has 1 unspecified atom stereocenters. The van der Waals surface area contributed by atoms with Gasteiger partial charge in [0.2, 0.25) is 0 Å². The van der Waals surface area contributed by atoms with Crippen molar-refractivity contribution in [2.75, 3.05) is 0 Å². The molecule has 0 heterocycles. The zero-order chi connectivity index (χ0) is 17.5. The van der Waals surface area contributed by atoms with Crippen molar-refractivity contribution in [1.82, 2.24) is 0 Å². The summed E-state index contributed by atoms with van der Waals surface area (Å²) >= 11 is 0. The molecule has 2 aromatic rings. The molecule has 0 N–H and O–H groups in total. The predicted molar refractivity (Wildman–Crippen MR) is 93.8 cm³/mol. The maximum absolute atomic E-state index is 11.6. The molecule has 0 amide bonds. The summed E-state index contributed by atoms with van der Waals surface area (Å²) in [7, 11) is 0. The summed E-state index contributed by atoms with van der Waals surface area (Å²) in [6.45, 7) is 4.91. The van der Waals surface area contributed by atoms with Crippen LogP contribution >= 0.6 is 0 Å². The van der Waals surface area contributed by atoms with Crippen molar-refractivity contribution in [2.24, 2.45) is 0 Å². The number of carbonyl (C=O) groups excluding carboxylic acids is 2. The van der Waals surface area contributed by atoms with Gasteiger partial charge in [-0.15, -0.1) is 0 Å². The number of para-hydroxylation sites is 1. The Morgan fingerprint density at radius 2 is 1.71 bits per heavy atom. The molecule has 0 spiro atoms. The number of Topliss-reactive ketones (excluding diaryl/α,β-unsaturated/α-hetero) is 1. The number of benzene rings is 2. The minimum atomic E-state index is -0.393. The number of rotatable bonds is 4. The molecule has 2 rings (SSSR count). The second-order valence-corrected chi connectivity index (χ2v) is 5.73. The largest absolute Gasteiger partial charge is 0.426 e. The number of ether oxygens (including phenoxy) is 1. The molecule has 3 heteroatoms. The van der Waals surface area contributed by atoms with Crippen LogP contribution in [0.15, 0.2) is 48.5 Å². The van der Waals surface area contributed by atoms with Crippen molar-refractivity contribution >= 4 is 11.8 Å². The van der Waals surface area contributed by atoms with Crippen LogP contribution in [-0.4, -0.2) is 11.8 Å². The molecule has 0 aromatic heterocycles. The van der Waals surface area contributed by atoms with Gasteiger partial charge < -0.3 is 4.74 Å². The Morgan fingerprint density at radius 1 is 1.04 bits per heavy atom. The lowest BCUT2D eigenvalue weighted by molar-refractivity contribution is -0.131. The zero-order valence-corrected chi connectivity index (χ0v) is 14.1. The quantitative estimate of drug-likeness (QED) is 0.485. The van der Waals surface area contributed by atoms with Gasteiger partial charge in [0.05, 0.1) is 5.92 Å². The predicted octanol–water partition coefficient (Wildman–Crippen LogP) is 4.03. The van der Waals surface area contributed by atoms with Gasteiger partial charge in [0.15, 0.2) is 0 Å². The summed E-state index contributed by atoms with van der Waals surface area (Å²) in [6, 6.07) is 15.1. The average molecular weight is 320 g/mol. The molecular weight excluding hydrogens is 300 g/mol. The fraction of sp³-hybridized carbons (Fsp3) is 0.238. The smallest absolute Gasteiger partial charge is 0.308 e. The Hall–Kier alpha value is -2.86. The van der Waals surface area contributed by atoms with Gasteiger partial charge in [0.25, 0.3) is 0 Å². The van der Waals surface area contributed by atoms with Crippen LogP contribution in [0.4, 0.5) is 0 Å². The number of hydrogen-bond acceptors (Lipinski definition) is 3. The second-order valence-electron chi connectivity index (χ2n) is 5.73. The van der Waals surface area contributed by atoms with Gasteiger partial charge >= 0.3 is 5.97 Å². The molecule has 24 heavy (non-hydrogen) atoms. The Kier molecular flexibility index (Phi) is 5.92. The maximum atomic E-state index is 11.6. The van der Waals surface area contributed by atoms with Crippen LogP contribution in [0.3, 0.4) is 0 Å². The van der Waals surface area contributed by atoms with Gasteiger partial charge in [0, 0.05) is 24.5 Å². The SMILES string of the molecule is CC(=O)CC(C#Cc1ccc(C)cc1)c1ccccc1OC(C)=O. The van der Waals surface area contributed by atoms with Crippen LogP contribution in [0, 0.1) is 18.8 Å². The molecule has 3 nitrogen and oxygen atoms in total. The fourth-order valence-electron chi connectivity index (χ4n) is 2.35. The molecule has 0 aliphatic rings. The van der Waals surface area contributed by atoms with Crippen LogP contribution in [0.25, 0.3) is 0 Å². The van der Waals surface area contributed by atoms with Crippen molar-refractivity contribution in [3.05, 3.63) is 65.2 Å². The Morgan fingerprint density at radius 3 is 2.33 bits per heavy atom. The third-order valence-corrected chi connectivity index (χ3v) is 3.48. The first-order valence-corrected chi connectivity index (χ1v) is 7.80. The van der Waals surface area contributed by atoms with Gasteiger partial charge in [-0.1, -0.05) is 47.7 Å². The first kappa shape index (κ1) is 17.5. The van der Waals surface area contributed by atoms with Gasteiger partial charge in [-0.2, -0.15) is 0 Å². The Bertz CT molecular complexity index is 792. The highest BCUT2D eigenvalue weighted by Crippen LogP contribution is 2.29. The van der Waals surface area contributed by atoms with Crippen LogP contribution in [0.2, 0.25) is 0 Å². The maximum Gasteiger partial charge on any atom is 0.308 e. The molecule has 0 bridgehead atoms. The standard InChI is InChI=1S/C21H20O3/c1-15-8-10-18(11-9-15)12-13-19(14-16(2)22)20-6-4-5-7-21(20)24-17(3)23/h4-11,19H,14H2,1-3H3. The summed E-state index contributed by atoms with van der Waals surface area (Å²) in [5, 5.41) is 0. The number of aryl methyl sites for hydroxylation is 1. The second kappa shape index (κ2) is 8.12. The van der Waals surface area contributed by atoms with E-state index in [9.17, 15) is 9.59 Å². The Balaban J connectivity index is 2.38. The van der Waals surface area contributed by atoms with Crippen LogP contribution in [-0.2, 0) is 9.59 Å². The molecule has 2 aromatic carbocycles. The minimum absolute atomic E-state index is 0.0378. The first-order valence-electron chi connectivity index (χ1n) is 7.80. The molecule has 0 saturated carbocycles. The molecule has 122 valence electrons. The highest BCUT2D eigenvalue weighted by molar-refractivity contribution is 5.77. The van der Waals surface area contributed by atoms with Crippen LogP contribution in [0.5, 0.6) is 5.75 Å². The lowest BCUT2D eigenvalue weighted by Crippen LogP contribution is -2.08. The highest BCUT2D eigenvalue weighted by Gasteiger charge is 2.17. The number of carbonyl (C=O) groups is 2. The highest BCUT2D eigenvalue weighted by atomic mass is 16.5. The van der Waals surface area contributed by atoms with E-state index in [4.69, 9.17) is 4.74 Å². The summed E-state index contributed by atoms with van der Waals surface area (Å²) in [5.41, 5.74) is 2.81. The van der Waals surface area contributed by atoms with E-state index in [2.05, 4.69) is 11.8 Å². The van der Waals surface area contributed by atoms with E-state index in [-0.39, 0.29) is 18.1 Å². The van der Waals surface area contributed by atoms with E-state index in [1.807, 2.05) is 43.3 Å². The average Bonchev–Trinajstić information content (AvgIpc) is 2.53. The van der Waals surface area contributed by atoms with Gasteiger partial charge in [0.1, 0.15) is 11.5 Å². The third-order valence-electron chi connectivity index (χ3n) is 3.48. The van der Waals surface area contributed by atoms with Crippen molar-refractivity contribution in [2.45, 2.75) is 33.1 Å². The van der Waals surface area contributed by atoms with Gasteiger partial charge in [-0.25, -0.2) is 0 Å². The minimum Gasteiger partial charge on any atom is -0.426 e. The van der Waals surface area contributed by atoms with Crippen molar-refractivity contribution in [1.29, 1.82) is 0 Å². The number of ketones is 1. The number of esters is 1. The first-order chi connectivity index (χ1) is 11.5. The van der Waals surface area contributed by atoms with E-state index in [0.29, 0.717) is 5.75 Å². The fourth-order valence-corrected chi connectivity index (χ4v) is 2.35. The molecule has 1 atom stereocenters. The molecule has 0 radical (unpaired) electrons. The topological polar surface area (TPSA) is 43.4 Å². The molecular formula is C21H20O3. The van der Waals surface area contributed by atoms with Crippen molar-refractivity contribution < 1.29 is 14.3 Å². The summed E-state index contributed by atoms with van der Waals surface area (Å²) < 4.78 is 5.26. The van der Waals surface area contributed by atoms with E-state index < -0.39 is 5.97 Å². The molecule has 0 aliphatic carbocycles. The van der Waals surface area contributed by atoms with Crippen molar-refractivity contribution in [3.63, 3.8) is 0 Å². The molecule has 0 aliphatic heterocycles. The molecule has 0 saturated heterocycles.